The molecule has 0 N–H and O–H groups in total. The van der Waals surface area contributed by atoms with Crippen LogP contribution in [-0.2, 0) is 9.97 Å². The molecule has 0 spiro atoms. The van der Waals surface area contributed by atoms with Gasteiger partial charge in [0.05, 0.1) is 5.56 Å². The zero-order valence-electron chi connectivity index (χ0n) is 10.9. The van der Waals surface area contributed by atoms with Crippen LogP contribution >= 0.6 is 34.8 Å². The maximum atomic E-state index is 13.2. The van der Waals surface area contributed by atoms with Gasteiger partial charge in [0.15, 0.2) is 0 Å². The molecule has 0 bridgehead atoms. The second-order valence-corrected chi connectivity index (χ2v) is 7.15. The van der Waals surface area contributed by atoms with Crippen LogP contribution in [0.1, 0.15) is 11.1 Å². The highest BCUT2D eigenvalue weighted by Gasteiger charge is 2.35. The molecule has 3 rings (SSSR count). The third-order valence-corrected chi connectivity index (χ3v) is 4.06. The summed E-state index contributed by atoms with van der Waals surface area (Å²) in [6.45, 7) is 0. The molecule has 0 heterocycles. The molecule has 0 aliphatic rings. The highest BCUT2D eigenvalue weighted by atomic mass is 35.6. The molecule has 3 aromatic rings. The average molecular weight is 364 g/mol. The van der Waals surface area contributed by atoms with Crippen LogP contribution in [0.2, 0.25) is 0 Å². The fourth-order valence-electron chi connectivity index (χ4n) is 2.64. The van der Waals surface area contributed by atoms with E-state index in [4.69, 9.17) is 34.8 Å². The van der Waals surface area contributed by atoms with Gasteiger partial charge >= 0.3 is 6.18 Å². The molecule has 6 heteroatoms. The van der Waals surface area contributed by atoms with Crippen LogP contribution in [0.3, 0.4) is 0 Å². The minimum atomic E-state index is -4.48. The number of hydrogen-bond donors (Lipinski definition) is 0. The Bertz CT molecular complexity index is 864. The maximum Gasteiger partial charge on any atom is 0.417 e. The topological polar surface area (TPSA) is 0 Å². The lowest BCUT2D eigenvalue weighted by Crippen LogP contribution is -2.08. The Morgan fingerprint density at radius 2 is 1.36 bits per heavy atom. The average Bonchev–Trinajstić information content (AvgIpc) is 2.41. The van der Waals surface area contributed by atoms with Crippen molar-refractivity contribution in [2.45, 2.75) is 9.97 Å². The van der Waals surface area contributed by atoms with Gasteiger partial charge in [0.25, 0.3) is 0 Å². The quantitative estimate of drug-likeness (QED) is 0.303. The number of alkyl halides is 6. The summed E-state index contributed by atoms with van der Waals surface area (Å²) >= 11 is 18.1. The molecule has 0 aliphatic carbocycles. The minimum Gasteiger partial charge on any atom is -0.166 e. The van der Waals surface area contributed by atoms with Crippen molar-refractivity contribution in [3.8, 4) is 0 Å². The summed E-state index contributed by atoms with van der Waals surface area (Å²) in [5, 5.41) is 1.52. The van der Waals surface area contributed by atoms with Crippen LogP contribution in [0.25, 0.3) is 21.5 Å². The van der Waals surface area contributed by atoms with Crippen LogP contribution in [0.4, 0.5) is 13.2 Å². The largest absolute Gasteiger partial charge is 0.417 e. The van der Waals surface area contributed by atoms with E-state index in [1.807, 2.05) is 0 Å². The lowest BCUT2D eigenvalue weighted by molar-refractivity contribution is -0.136. The number of halogens is 6. The number of rotatable bonds is 0. The van der Waals surface area contributed by atoms with Crippen molar-refractivity contribution in [3.63, 3.8) is 0 Å². The summed E-state index contributed by atoms with van der Waals surface area (Å²) in [5.41, 5.74) is -0.483. The molecule has 0 radical (unpaired) electrons. The van der Waals surface area contributed by atoms with Gasteiger partial charge in [-0.3, -0.25) is 0 Å². The van der Waals surface area contributed by atoms with Crippen molar-refractivity contribution < 1.29 is 13.2 Å². The SMILES string of the molecule is FC(F)(F)c1cccc2c(C(Cl)(Cl)Cl)c3ccccc3cc12. The predicted molar refractivity (Wildman–Crippen MR) is 85.7 cm³/mol. The Morgan fingerprint density at radius 3 is 2.00 bits per heavy atom. The van der Waals surface area contributed by atoms with Crippen molar-refractivity contribution in [3.05, 3.63) is 59.7 Å². The van der Waals surface area contributed by atoms with Gasteiger partial charge in [-0.2, -0.15) is 13.2 Å². The first kappa shape index (κ1) is 15.7. The zero-order valence-corrected chi connectivity index (χ0v) is 13.2. The normalized spacial score (nSPS) is 13.0. The van der Waals surface area contributed by atoms with Gasteiger partial charge in [0.1, 0.15) is 0 Å². The molecule has 0 aromatic heterocycles. The molecule has 3 aromatic carbocycles. The van der Waals surface area contributed by atoms with Gasteiger partial charge in [0, 0.05) is 5.56 Å². The van der Waals surface area contributed by atoms with E-state index >= 15 is 0 Å². The van der Waals surface area contributed by atoms with E-state index in [-0.39, 0.29) is 16.3 Å². The van der Waals surface area contributed by atoms with Gasteiger partial charge in [-0.15, -0.1) is 0 Å². The fraction of sp³-hybridized carbons (Fsp3) is 0.125. The van der Waals surface area contributed by atoms with Crippen molar-refractivity contribution in [1.82, 2.24) is 0 Å². The molecular weight excluding hydrogens is 356 g/mol. The molecule has 0 saturated carbocycles. The van der Waals surface area contributed by atoms with E-state index in [0.717, 1.165) is 6.07 Å². The Morgan fingerprint density at radius 1 is 0.727 bits per heavy atom. The summed E-state index contributed by atoms with van der Waals surface area (Å²) in [4.78, 5) is 0. The van der Waals surface area contributed by atoms with Crippen LogP contribution in [0.15, 0.2) is 48.5 Å². The second-order valence-electron chi connectivity index (χ2n) is 4.87. The van der Waals surface area contributed by atoms with Crippen molar-refractivity contribution in [2.75, 3.05) is 0 Å². The first-order valence-corrected chi connectivity index (χ1v) is 7.42. The first-order chi connectivity index (χ1) is 10.2. The Balaban J connectivity index is 2.57. The molecule has 22 heavy (non-hydrogen) atoms. The van der Waals surface area contributed by atoms with E-state index in [2.05, 4.69) is 0 Å². The molecule has 0 unspecified atom stereocenters. The van der Waals surface area contributed by atoms with Crippen LogP contribution < -0.4 is 0 Å². The highest BCUT2D eigenvalue weighted by molar-refractivity contribution is 6.67. The summed E-state index contributed by atoms with van der Waals surface area (Å²) < 4.78 is 37.9. The summed E-state index contributed by atoms with van der Waals surface area (Å²) in [6.07, 6.45) is -4.48. The molecule has 0 atom stereocenters. The lowest BCUT2D eigenvalue weighted by atomic mass is 9.94. The number of benzene rings is 3. The molecule has 0 aliphatic heterocycles. The monoisotopic (exact) mass is 362 g/mol. The van der Waals surface area contributed by atoms with Crippen molar-refractivity contribution in [2.24, 2.45) is 0 Å². The van der Waals surface area contributed by atoms with Gasteiger partial charge in [-0.1, -0.05) is 71.2 Å². The van der Waals surface area contributed by atoms with Crippen LogP contribution in [0, 0.1) is 0 Å². The van der Waals surface area contributed by atoms with Crippen LogP contribution in [0.5, 0.6) is 0 Å². The van der Waals surface area contributed by atoms with Gasteiger partial charge in [-0.05, 0) is 33.7 Å². The van der Waals surface area contributed by atoms with Crippen LogP contribution in [-0.4, -0.2) is 0 Å². The Labute approximate surface area is 139 Å². The summed E-state index contributed by atoms with van der Waals surface area (Å²) in [7, 11) is 0. The predicted octanol–water partition coefficient (Wildman–Crippen LogP) is 6.84. The molecular formula is C16H8Cl3F3. The standard InChI is InChI=1S/C16H8Cl3F3/c17-15(18,19)14-10-5-2-1-4-9(10)8-12-11(14)6-3-7-13(12)16(20,21)22/h1-8H. The van der Waals surface area contributed by atoms with Gasteiger partial charge < -0.3 is 0 Å². The number of hydrogen-bond acceptors (Lipinski definition) is 0. The molecule has 114 valence electrons. The molecule has 0 nitrogen and oxygen atoms in total. The number of fused-ring (bicyclic) bond motifs is 2. The smallest absolute Gasteiger partial charge is 0.166 e. The fourth-order valence-corrected chi connectivity index (χ4v) is 3.25. The lowest BCUT2D eigenvalue weighted by Gasteiger charge is -2.20. The van der Waals surface area contributed by atoms with Crippen molar-refractivity contribution >= 4 is 56.3 Å². The molecule has 0 fully saturated rings. The van der Waals surface area contributed by atoms with E-state index < -0.39 is 15.5 Å². The highest BCUT2D eigenvalue weighted by Crippen LogP contribution is 2.47. The Hall–Kier alpha value is -1.16. The summed E-state index contributed by atoms with van der Waals surface area (Å²) in [6, 6.07) is 12.3. The van der Waals surface area contributed by atoms with Gasteiger partial charge in [-0.25, -0.2) is 0 Å². The maximum absolute atomic E-state index is 13.2. The third kappa shape index (κ3) is 2.62. The van der Waals surface area contributed by atoms with E-state index in [9.17, 15) is 13.2 Å². The van der Waals surface area contributed by atoms with Gasteiger partial charge in [0.2, 0.25) is 3.79 Å². The summed E-state index contributed by atoms with van der Waals surface area (Å²) in [5.74, 6) is 0. The minimum absolute atomic E-state index is 0.0232. The first-order valence-electron chi connectivity index (χ1n) is 6.28. The van der Waals surface area contributed by atoms with E-state index in [1.165, 1.54) is 18.2 Å². The Kier molecular flexibility index (Phi) is 3.71. The van der Waals surface area contributed by atoms with E-state index in [1.54, 1.807) is 24.3 Å². The third-order valence-electron chi connectivity index (χ3n) is 3.49. The molecule has 0 saturated heterocycles. The van der Waals surface area contributed by atoms with Crippen molar-refractivity contribution in [1.29, 1.82) is 0 Å². The second kappa shape index (κ2) is 5.19. The van der Waals surface area contributed by atoms with E-state index in [0.29, 0.717) is 10.8 Å². The zero-order chi connectivity index (χ0) is 16.1. The molecule has 0 amide bonds.